The molecule has 4 rings (SSSR count). The Morgan fingerprint density at radius 3 is 2.92 bits per heavy atom. The molecule has 0 aliphatic carbocycles. The van der Waals surface area contributed by atoms with Crippen molar-refractivity contribution in [3.63, 3.8) is 0 Å². The van der Waals surface area contributed by atoms with Crippen LogP contribution >= 0.6 is 11.8 Å². The number of thioether (sulfide) groups is 1. The van der Waals surface area contributed by atoms with Crippen molar-refractivity contribution < 1.29 is 14.3 Å². The van der Waals surface area contributed by atoms with E-state index in [1.165, 1.54) is 12.8 Å². The van der Waals surface area contributed by atoms with E-state index in [0.717, 1.165) is 31.1 Å². The van der Waals surface area contributed by atoms with E-state index >= 15 is 0 Å². The third-order valence-corrected chi connectivity index (χ3v) is 6.04. The van der Waals surface area contributed by atoms with Crippen LogP contribution in [0.1, 0.15) is 19.3 Å². The molecule has 3 saturated heterocycles. The molecule has 3 aliphatic rings. The summed E-state index contributed by atoms with van der Waals surface area (Å²) < 4.78 is 6.21. The number of likely N-dealkylation sites (tertiary alicyclic amines) is 1. The van der Waals surface area contributed by atoms with Crippen LogP contribution < -0.4 is 9.64 Å². The van der Waals surface area contributed by atoms with E-state index < -0.39 is 0 Å². The maximum atomic E-state index is 12.5. The summed E-state index contributed by atoms with van der Waals surface area (Å²) in [6.07, 6.45) is 4.97. The van der Waals surface area contributed by atoms with Crippen molar-refractivity contribution in [3.8, 4) is 5.75 Å². The molecule has 0 saturated carbocycles. The number of carbonyl (C=O) groups excluding carboxylic acids is 2. The summed E-state index contributed by atoms with van der Waals surface area (Å²) in [4.78, 5) is 34.4. The number of amides is 2. The highest BCUT2D eigenvalue weighted by molar-refractivity contribution is 8.00. The van der Waals surface area contributed by atoms with E-state index in [1.54, 1.807) is 22.9 Å². The Balaban J connectivity index is 1.34. The second kappa shape index (κ2) is 7.73. The number of carbonyl (C=O) groups is 2. The number of hydrogen-bond acceptors (Lipinski definition) is 6. The smallest absolute Gasteiger partial charge is 0.242 e. The molecule has 1 aromatic rings. The van der Waals surface area contributed by atoms with E-state index in [2.05, 4.69) is 9.88 Å². The van der Waals surface area contributed by atoms with Gasteiger partial charge in [0.25, 0.3) is 0 Å². The zero-order valence-corrected chi connectivity index (χ0v) is 15.6. The lowest BCUT2D eigenvalue weighted by Gasteiger charge is -2.23. The second-order valence-electron chi connectivity index (χ2n) is 6.96. The van der Waals surface area contributed by atoms with Gasteiger partial charge in [-0.15, -0.1) is 11.8 Å². The molecule has 0 unspecified atom stereocenters. The first kappa shape index (κ1) is 17.5. The van der Waals surface area contributed by atoms with E-state index in [1.807, 2.05) is 17.0 Å². The van der Waals surface area contributed by atoms with Crippen LogP contribution in [0.5, 0.6) is 5.75 Å². The van der Waals surface area contributed by atoms with Crippen molar-refractivity contribution in [1.82, 2.24) is 14.8 Å². The highest BCUT2D eigenvalue weighted by atomic mass is 32.2. The molecule has 7 nitrogen and oxygen atoms in total. The predicted molar refractivity (Wildman–Crippen MR) is 100 cm³/mol. The van der Waals surface area contributed by atoms with Crippen LogP contribution in [0.25, 0.3) is 0 Å². The lowest BCUT2D eigenvalue weighted by Crippen LogP contribution is -2.40. The molecule has 8 heteroatoms. The number of ether oxygens (including phenoxy) is 1. The Bertz CT molecular complexity index is 680. The van der Waals surface area contributed by atoms with E-state index in [4.69, 9.17) is 4.74 Å². The van der Waals surface area contributed by atoms with Gasteiger partial charge in [-0.3, -0.25) is 9.59 Å². The molecule has 140 valence electrons. The summed E-state index contributed by atoms with van der Waals surface area (Å²) in [5.41, 5.74) is 0. The van der Waals surface area contributed by atoms with Gasteiger partial charge in [-0.25, -0.2) is 4.98 Å². The summed E-state index contributed by atoms with van der Waals surface area (Å²) in [6.45, 7) is 3.47. The molecule has 0 bridgehead atoms. The highest BCUT2D eigenvalue weighted by Crippen LogP contribution is 2.30. The third kappa shape index (κ3) is 3.75. The summed E-state index contributed by atoms with van der Waals surface area (Å²) in [5, 5.41) is 0. The number of rotatable bonds is 5. The third-order valence-electron chi connectivity index (χ3n) is 5.10. The first-order chi connectivity index (χ1) is 12.7. The van der Waals surface area contributed by atoms with Crippen LogP contribution in [0.2, 0.25) is 0 Å². The van der Waals surface area contributed by atoms with Crippen LogP contribution in [-0.2, 0) is 9.59 Å². The molecular formula is C18H24N4O3S. The van der Waals surface area contributed by atoms with Gasteiger partial charge in [0, 0.05) is 32.3 Å². The summed E-state index contributed by atoms with van der Waals surface area (Å²) in [6, 6.07) is 3.86. The normalized spacial score (nSPS) is 23.2. The van der Waals surface area contributed by atoms with E-state index in [-0.39, 0.29) is 24.5 Å². The molecule has 0 aromatic carbocycles. The van der Waals surface area contributed by atoms with Gasteiger partial charge in [-0.2, -0.15) is 0 Å². The van der Waals surface area contributed by atoms with Gasteiger partial charge in [0.1, 0.15) is 12.6 Å². The molecule has 0 spiro atoms. The van der Waals surface area contributed by atoms with Crippen LogP contribution in [-0.4, -0.2) is 77.1 Å². The SMILES string of the molecule is O=C1CSCN1CC(=O)N1CC[C@@H](Oc2cccnc2N2CCCC2)C1. The number of anilines is 1. The minimum Gasteiger partial charge on any atom is -0.485 e. The van der Waals surface area contributed by atoms with Crippen molar-refractivity contribution in [2.24, 2.45) is 0 Å². The Kier molecular flexibility index (Phi) is 5.19. The number of hydrogen-bond donors (Lipinski definition) is 0. The van der Waals surface area contributed by atoms with Crippen molar-refractivity contribution in [2.45, 2.75) is 25.4 Å². The molecule has 1 atom stereocenters. The largest absolute Gasteiger partial charge is 0.485 e. The molecule has 2 amide bonds. The average molecular weight is 376 g/mol. The van der Waals surface area contributed by atoms with Crippen LogP contribution in [0.3, 0.4) is 0 Å². The number of nitrogens with zero attached hydrogens (tertiary/aromatic N) is 4. The molecule has 1 aromatic heterocycles. The maximum absolute atomic E-state index is 12.5. The van der Waals surface area contributed by atoms with Crippen molar-refractivity contribution >= 4 is 29.4 Å². The van der Waals surface area contributed by atoms with Crippen molar-refractivity contribution in [2.75, 3.05) is 49.3 Å². The molecule has 0 N–H and O–H groups in total. The van der Waals surface area contributed by atoms with Gasteiger partial charge in [0.2, 0.25) is 11.8 Å². The van der Waals surface area contributed by atoms with Crippen molar-refractivity contribution in [3.05, 3.63) is 18.3 Å². The molecule has 26 heavy (non-hydrogen) atoms. The van der Waals surface area contributed by atoms with Gasteiger partial charge in [0.15, 0.2) is 11.6 Å². The van der Waals surface area contributed by atoms with Crippen LogP contribution in [0.15, 0.2) is 18.3 Å². The lowest BCUT2D eigenvalue weighted by molar-refractivity contribution is -0.137. The number of aromatic nitrogens is 1. The molecule has 4 heterocycles. The van der Waals surface area contributed by atoms with Crippen molar-refractivity contribution in [1.29, 1.82) is 0 Å². The Morgan fingerprint density at radius 2 is 2.15 bits per heavy atom. The van der Waals surface area contributed by atoms with Gasteiger partial charge in [0.05, 0.1) is 18.2 Å². The van der Waals surface area contributed by atoms with Gasteiger partial charge in [-0.05, 0) is 25.0 Å². The fraction of sp³-hybridized carbons (Fsp3) is 0.611. The predicted octanol–water partition coefficient (Wildman–Crippen LogP) is 1.19. The molecule has 3 fully saturated rings. The van der Waals surface area contributed by atoms with Crippen LogP contribution in [0.4, 0.5) is 5.82 Å². The summed E-state index contributed by atoms with van der Waals surface area (Å²) >= 11 is 1.56. The fourth-order valence-electron chi connectivity index (χ4n) is 3.67. The quantitative estimate of drug-likeness (QED) is 0.769. The topological polar surface area (TPSA) is 66.0 Å². The van der Waals surface area contributed by atoms with E-state index in [9.17, 15) is 9.59 Å². The monoisotopic (exact) mass is 376 g/mol. The van der Waals surface area contributed by atoms with Gasteiger partial charge >= 0.3 is 0 Å². The average Bonchev–Trinajstić information content (AvgIpc) is 3.39. The lowest BCUT2D eigenvalue weighted by atomic mass is 10.3. The molecule has 0 radical (unpaired) electrons. The fourth-order valence-corrected chi connectivity index (χ4v) is 4.58. The van der Waals surface area contributed by atoms with E-state index in [0.29, 0.717) is 24.7 Å². The summed E-state index contributed by atoms with van der Waals surface area (Å²) in [7, 11) is 0. The maximum Gasteiger partial charge on any atom is 0.242 e. The van der Waals surface area contributed by atoms with Crippen LogP contribution in [0, 0.1) is 0 Å². The first-order valence-electron chi connectivity index (χ1n) is 9.20. The molecular weight excluding hydrogens is 352 g/mol. The van der Waals surface area contributed by atoms with Gasteiger partial charge < -0.3 is 19.4 Å². The Labute approximate surface area is 157 Å². The Hall–Kier alpha value is -1.96. The summed E-state index contributed by atoms with van der Waals surface area (Å²) in [5.74, 6) is 2.89. The minimum atomic E-state index is -0.0202. The standard InChI is InChI=1S/C18H24N4O3S/c23-16(11-22-13-26-12-17(22)24)21-9-5-14(10-21)25-15-4-3-6-19-18(15)20-7-1-2-8-20/h3-4,6,14H,1-2,5,7-13H2/t14-/m1/s1. The second-order valence-corrected chi connectivity index (χ2v) is 7.91. The molecule has 3 aliphatic heterocycles. The Morgan fingerprint density at radius 1 is 1.31 bits per heavy atom. The zero-order valence-electron chi connectivity index (χ0n) is 14.8. The zero-order chi connectivity index (χ0) is 17.9. The minimum absolute atomic E-state index is 0.0119. The highest BCUT2D eigenvalue weighted by Gasteiger charge is 2.31. The first-order valence-corrected chi connectivity index (χ1v) is 10.4. The number of pyridine rings is 1. The van der Waals surface area contributed by atoms with Gasteiger partial charge in [-0.1, -0.05) is 0 Å².